The number of fused-ring (bicyclic) bond motifs is 1. The van der Waals surface area contributed by atoms with Gasteiger partial charge in [-0.3, -0.25) is 19.5 Å². The van der Waals surface area contributed by atoms with Crippen LogP contribution in [0.3, 0.4) is 0 Å². The van der Waals surface area contributed by atoms with Crippen molar-refractivity contribution >= 4 is 23.2 Å². The van der Waals surface area contributed by atoms with E-state index in [1.807, 2.05) is 11.6 Å². The molecule has 1 aliphatic heterocycles. The minimum atomic E-state index is -0.245. The van der Waals surface area contributed by atoms with Gasteiger partial charge >= 0.3 is 0 Å². The van der Waals surface area contributed by atoms with Gasteiger partial charge in [-0.25, -0.2) is 0 Å². The Kier molecular flexibility index (Phi) is 6.80. The lowest BCUT2D eigenvalue weighted by atomic mass is 10.0. The normalized spacial score (nSPS) is 15.0. The minimum absolute atomic E-state index is 0.0659. The predicted octanol–water partition coefficient (Wildman–Crippen LogP) is 2.38. The van der Waals surface area contributed by atoms with Gasteiger partial charge in [0.25, 0.3) is 5.91 Å². The van der Waals surface area contributed by atoms with Crippen LogP contribution in [0.4, 0.5) is 0 Å². The second-order valence-electron chi connectivity index (χ2n) is 7.25. The summed E-state index contributed by atoms with van der Waals surface area (Å²) in [5, 5.41) is 7.45. The van der Waals surface area contributed by atoms with Crippen molar-refractivity contribution in [3.63, 3.8) is 0 Å². The van der Waals surface area contributed by atoms with Crippen molar-refractivity contribution in [1.29, 1.82) is 0 Å². The fraction of sp³-hybridized carbons (Fsp3) is 0.476. The van der Waals surface area contributed by atoms with E-state index in [9.17, 15) is 9.59 Å². The highest BCUT2D eigenvalue weighted by molar-refractivity contribution is 7.10. The zero-order chi connectivity index (χ0) is 20.1. The Morgan fingerprint density at radius 1 is 1.36 bits per heavy atom. The van der Waals surface area contributed by atoms with Crippen molar-refractivity contribution in [3.05, 3.63) is 51.0 Å². The molecule has 3 rings (SSSR count). The van der Waals surface area contributed by atoms with Crippen LogP contribution in [0.5, 0.6) is 0 Å². The van der Waals surface area contributed by atoms with Gasteiger partial charge in [0, 0.05) is 49.7 Å². The molecule has 1 aliphatic rings. The van der Waals surface area contributed by atoms with E-state index in [0.29, 0.717) is 6.54 Å². The number of aryl methyl sites for hydroxylation is 1. The molecule has 3 heterocycles. The summed E-state index contributed by atoms with van der Waals surface area (Å²) in [5.41, 5.74) is 4.25. The Morgan fingerprint density at radius 2 is 2.18 bits per heavy atom. The van der Waals surface area contributed by atoms with E-state index in [2.05, 4.69) is 39.6 Å². The van der Waals surface area contributed by atoms with Gasteiger partial charge in [-0.15, -0.1) is 11.3 Å². The average molecular weight is 401 g/mol. The van der Waals surface area contributed by atoms with Crippen LogP contribution in [0.15, 0.2) is 23.7 Å². The number of carbonyl (C=O) groups is 2. The minimum Gasteiger partial charge on any atom is -0.359 e. The van der Waals surface area contributed by atoms with Crippen LogP contribution in [-0.2, 0) is 30.7 Å². The lowest BCUT2D eigenvalue weighted by Crippen LogP contribution is -2.36. The zero-order valence-electron chi connectivity index (χ0n) is 16.7. The molecule has 0 saturated carbocycles. The maximum atomic E-state index is 12.6. The van der Waals surface area contributed by atoms with Gasteiger partial charge in [-0.1, -0.05) is 19.9 Å². The number of hydrogen-bond donors (Lipinski definition) is 2. The number of aromatic nitrogens is 1. The molecule has 150 valence electrons. The van der Waals surface area contributed by atoms with Crippen LogP contribution < -0.4 is 10.6 Å². The average Bonchev–Trinajstić information content (AvgIpc) is 3.15. The molecule has 2 amide bonds. The van der Waals surface area contributed by atoms with Gasteiger partial charge in [-0.2, -0.15) is 0 Å². The van der Waals surface area contributed by atoms with E-state index in [4.69, 9.17) is 0 Å². The van der Waals surface area contributed by atoms with Gasteiger partial charge in [0.1, 0.15) is 0 Å². The third kappa shape index (κ3) is 4.77. The number of amides is 2. The first-order valence-electron chi connectivity index (χ1n) is 9.77. The Hall–Kier alpha value is -2.25. The molecule has 1 atom stereocenters. The first kappa shape index (κ1) is 20.5. The highest BCUT2D eigenvalue weighted by atomic mass is 32.1. The van der Waals surface area contributed by atoms with Crippen LogP contribution in [0, 0.1) is 5.92 Å². The lowest BCUT2D eigenvalue weighted by molar-refractivity contribution is -0.123. The second-order valence-corrected chi connectivity index (χ2v) is 8.21. The summed E-state index contributed by atoms with van der Waals surface area (Å²) in [4.78, 5) is 32.3. The van der Waals surface area contributed by atoms with Crippen molar-refractivity contribution in [3.8, 4) is 0 Å². The topological polar surface area (TPSA) is 74.3 Å². The quantitative estimate of drug-likeness (QED) is 0.748. The molecule has 2 aromatic heterocycles. The van der Waals surface area contributed by atoms with Crippen molar-refractivity contribution in [2.75, 3.05) is 20.1 Å². The highest BCUT2D eigenvalue weighted by Crippen LogP contribution is 2.29. The molecular weight excluding hydrogens is 372 g/mol. The summed E-state index contributed by atoms with van der Waals surface area (Å²) in [5.74, 6) is -0.395. The van der Waals surface area contributed by atoms with E-state index < -0.39 is 0 Å². The van der Waals surface area contributed by atoms with Crippen LogP contribution >= 0.6 is 11.3 Å². The molecule has 0 radical (unpaired) electrons. The molecule has 28 heavy (non-hydrogen) atoms. The molecular formula is C21H28N4O2S. The Labute approximate surface area is 170 Å². The maximum Gasteiger partial charge on any atom is 0.252 e. The summed E-state index contributed by atoms with van der Waals surface area (Å²) in [6.07, 6.45) is 3.82. The molecule has 0 aromatic carbocycles. The molecule has 0 saturated heterocycles. The van der Waals surface area contributed by atoms with Crippen molar-refractivity contribution in [2.24, 2.45) is 5.92 Å². The second kappa shape index (κ2) is 9.30. The summed E-state index contributed by atoms with van der Waals surface area (Å²) in [7, 11) is 1.61. The Balaban J connectivity index is 1.59. The number of carbonyl (C=O) groups excluding carboxylic acids is 2. The van der Waals surface area contributed by atoms with Crippen molar-refractivity contribution in [1.82, 2.24) is 20.5 Å². The first-order valence-corrected chi connectivity index (χ1v) is 10.6. The lowest BCUT2D eigenvalue weighted by Gasteiger charge is -2.27. The van der Waals surface area contributed by atoms with Gasteiger partial charge in [0.05, 0.1) is 17.2 Å². The summed E-state index contributed by atoms with van der Waals surface area (Å²) in [6.45, 7) is 6.87. The fourth-order valence-electron chi connectivity index (χ4n) is 3.37. The number of nitrogens with zero attached hydrogens (tertiary/aromatic N) is 2. The summed E-state index contributed by atoms with van der Waals surface area (Å²) in [6, 6.07) is 4.25. The number of nitrogens with one attached hydrogen (secondary N) is 2. The van der Waals surface area contributed by atoms with Crippen LogP contribution in [0.25, 0.3) is 0 Å². The Morgan fingerprint density at radius 3 is 2.86 bits per heavy atom. The molecule has 2 aromatic rings. The van der Waals surface area contributed by atoms with Crippen molar-refractivity contribution < 1.29 is 9.59 Å². The number of rotatable bonds is 7. The highest BCUT2D eigenvalue weighted by Gasteiger charge is 2.24. The molecule has 0 spiro atoms. The van der Waals surface area contributed by atoms with Crippen LogP contribution in [-0.4, -0.2) is 41.8 Å². The van der Waals surface area contributed by atoms with E-state index in [0.717, 1.165) is 49.3 Å². The van der Waals surface area contributed by atoms with Gasteiger partial charge in [0.2, 0.25) is 5.91 Å². The third-order valence-electron chi connectivity index (χ3n) is 5.21. The van der Waals surface area contributed by atoms with Crippen LogP contribution in [0.1, 0.15) is 45.9 Å². The zero-order valence-corrected chi connectivity index (χ0v) is 17.6. The molecule has 2 N–H and O–H groups in total. The van der Waals surface area contributed by atoms with E-state index in [1.165, 1.54) is 10.4 Å². The fourth-order valence-corrected chi connectivity index (χ4v) is 4.49. The molecule has 0 fully saturated rings. The van der Waals surface area contributed by atoms with Gasteiger partial charge < -0.3 is 10.6 Å². The SMILES string of the molecule is CCc1ccc(CN2CCc3c(C(=O)NCC(C)C(=O)NC)csc3C2)nc1. The molecule has 7 heteroatoms. The standard InChI is InChI=1S/C21H28N4O2S/c1-4-15-5-6-16(23-10-15)11-25-8-7-17-18(13-28-19(17)12-25)21(27)24-9-14(2)20(26)22-3/h5-6,10,13-14H,4,7-9,11-12H2,1-3H3,(H,22,26)(H,24,27). The van der Waals surface area contributed by atoms with E-state index >= 15 is 0 Å². The van der Waals surface area contributed by atoms with Gasteiger partial charge in [0.15, 0.2) is 0 Å². The number of hydrogen-bond acceptors (Lipinski definition) is 5. The monoisotopic (exact) mass is 400 g/mol. The number of thiophene rings is 1. The van der Waals surface area contributed by atoms with Gasteiger partial charge in [-0.05, 0) is 30.0 Å². The smallest absolute Gasteiger partial charge is 0.252 e. The van der Waals surface area contributed by atoms with Crippen molar-refractivity contribution in [2.45, 2.75) is 39.8 Å². The summed E-state index contributed by atoms with van der Waals surface area (Å²) >= 11 is 1.64. The molecule has 0 aliphatic carbocycles. The number of pyridine rings is 1. The first-order chi connectivity index (χ1) is 13.5. The summed E-state index contributed by atoms with van der Waals surface area (Å²) < 4.78 is 0. The molecule has 1 unspecified atom stereocenters. The largest absolute Gasteiger partial charge is 0.359 e. The van der Waals surface area contributed by atoms with E-state index in [1.54, 1.807) is 25.3 Å². The molecule has 0 bridgehead atoms. The maximum absolute atomic E-state index is 12.6. The predicted molar refractivity (Wildman–Crippen MR) is 111 cm³/mol. The van der Waals surface area contributed by atoms with E-state index in [-0.39, 0.29) is 17.7 Å². The van der Waals surface area contributed by atoms with Crippen LogP contribution in [0.2, 0.25) is 0 Å². The molecule has 6 nitrogen and oxygen atoms in total. The Bertz CT molecular complexity index is 831. The third-order valence-corrected chi connectivity index (χ3v) is 6.23.